The first-order valence-corrected chi connectivity index (χ1v) is 35.8. The molecule has 1 amide bonds. The van der Waals surface area contributed by atoms with E-state index in [1.54, 1.807) is 6.20 Å². The fourth-order valence-electron chi connectivity index (χ4n) is 15.1. The van der Waals surface area contributed by atoms with Crippen LogP contribution in [0.15, 0.2) is 95.9 Å². The summed E-state index contributed by atoms with van der Waals surface area (Å²) in [5.41, 5.74) is 4.10. The molecule has 1 aliphatic carbocycles. The van der Waals surface area contributed by atoms with E-state index < -0.39 is 11.7 Å². The number of likely N-dealkylation sites (tertiary alicyclic amines) is 1. The van der Waals surface area contributed by atoms with Gasteiger partial charge in [0.25, 0.3) is 0 Å². The smallest absolute Gasteiger partial charge is 0.390 e. The number of benzene rings is 2. The maximum Gasteiger partial charge on any atom is 0.417 e. The van der Waals surface area contributed by atoms with Crippen molar-refractivity contribution < 1.29 is 18.0 Å². The van der Waals surface area contributed by atoms with Crippen LogP contribution in [-0.2, 0) is 23.8 Å². The number of alkyl halides is 3. The molecule has 4 aliphatic heterocycles. The summed E-state index contributed by atoms with van der Waals surface area (Å²) < 4.78 is 41.1. The molecule has 1 saturated carbocycles. The maximum absolute atomic E-state index is 14.9. The van der Waals surface area contributed by atoms with E-state index in [-0.39, 0.29) is 70.9 Å². The SMILES string of the molecule is CC[C@H](C)[C@H]1C(C)NC2(CCCC2)CNCCNC=CC(CCc2ccc(C(F)(F)F)c(Cl)c2)=NC=CN(C)C=C(Cc2ccc(Cl)cc2)N(C)C=C2CCCN2[C@@H](C)C(C)N[C@@H]([C@@H](C)CC)CN[C@@H](CC(C)C)C(C)NCC2[C@@H](C(=O)N3CCCCC3)C(C)N21. The summed E-state index contributed by atoms with van der Waals surface area (Å²) in [7, 11) is 4.15. The Morgan fingerprint density at radius 3 is 2.15 bits per heavy atom. The van der Waals surface area contributed by atoms with E-state index in [4.69, 9.17) is 28.2 Å². The van der Waals surface area contributed by atoms with E-state index in [9.17, 15) is 18.0 Å². The van der Waals surface area contributed by atoms with Gasteiger partial charge in [-0.15, -0.1) is 0 Å². The van der Waals surface area contributed by atoms with Gasteiger partial charge in [-0.2, -0.15) is 13.2 Å². The van der Waals surface area contributed by atoms with Crippen molar-refractivity contribution >= 4 is 34.8 Å². The van der Waals surface area contributed by atoms with Crippen LogP contribution in [0.4, 0.5) is 13.2 Å². The quantitative estimate of drug-likeness (QED) is 0.122. The summed E-state index contributed by atoms with van der Waals surface area (Å²) in [6.45, 7) is 32.7. The molecular formula is C73H117Cl2F3N12O. The Balaban J connectivity index is 1.21. The number of amides is 1. The summed E-state index contributed by atoms with van der Waals surface area (Å²) in [4.78, 5) is 31.7. The van der Waals surface area contributed by atoms with Crippen molar-refractivity contribution in [2.45, 2.75) is 239 Å². The minimum absolute atomic E-state index is 0.0551. The molecule has 3 saturated heterocycles. The van der Waals surface area contributed by atoms with Crippen LogP contribution in [0.1, 0.15) is 176 Å². The largest absolute Gasteiger partial charge is 0.417 e. The van der Waals surface area contributed by atoms with Crippen molar-refractivity contribution in [3.05, 3.63) is 118 Å². The highest BCUT2D eigenvalue weighted by molar-refractivity contribution is 6.31. The minimum Gasteiger partial charge on any atom is -0.390 e. The van der Waals surface area contributed by atoms with Gasteiger partial charge in [0.05, 0.1) is 16.5 Å². The van der Waals surface area contributed by atoms with Crippen molar-refractivity contribution in [2.24, 2.45) is 28.7 Å². The summed E-state index contributed by atoms with van der Waals surface area (Å²) in [5.74, 6) is 1.65. The number of allylic oxidation sites excluding steroid dienone is 3. The second-order valence-corrected chi connectivity index (χ2v) is 29.1. The number of carbonyl (C=O) groups excluding carboxylic acids is 1. The molecule has 13 nitrogen and oxygen atoms in total. The highest BCUT2D eigenvalue weighted by atomic mass is 35.5. The van der Waals surface area contributed by atoms with Crippen molar-refractivity contribution in [2.75, 3.05) is 66.5 Å². The molecule has 6 N–H and O–H groups in total. The van der Waals surface area contributed by atoms with Gasteiger partial charge in [0, 0.05) is 180 Å². The highest BCUT2D eigenvalue weighted by Gasteiger charge is 2.55. The monoisotopic (exact) mass is 1300 g/mol. The molecule has 4 heterocycles. The van der Waals surface area contributed by atoms with Gasteiger partial charge in [-0.05, 0) is 164 Å². The van der Waals surface area contributed by atoms with Crippen LogP contribution in [0.2, 0.25) is 10.0 Å². The fourth-order valence-corrected chi connectivity index (χ4v) is 15.5. The second kappa shape index (κ2) is 35.6. The molecule has 91 heavy (non-hydrogen) atoms. The van der Waals surface area contributed by atoms with E-state index in [0.717, 1.165) is 127 Å². The molecule has 0 radical (unpaired) electrons. The van der Waals surface area contributed by atoms with E-state index >= 15 is 0 Å². The first-order chi connectivity index (χ1) is 43.4. The molecular weight excluding hydrogens is 1190 g/mol. The lowest BCUT2D eigenvalue weighted by atomic mass is 9.74. The first kappa shape index (κ1) is 74.3. The summed E-state index contributed by atoms with van der Waals surface area (Å²) in [5, 5.41) is 24.6. The topological polar surface area (TPSA) is 118 Å². The summed E-state index contributed by atoms with van der Waals surface area (Å²) >= 11 is 12.6. The number of halogens is 5. The standard InChI is InChI=1S/C73H117Cl2F3N12O/c1-14-51(5)67-45-83-66(42-50(3)4)54(8)82-46-68-69(71(91)88-38-19-16-20-39-88)57(11)90(68)70(52(6)15-2)55(9)85-72(32-17-18-33-72)49-80-36-35-79-34-31-61(29-25-59-26-30-64(65(75)44-59)73(76,77)78)81-37-41-86(12)47-63(43-58-23-27-60(74)28-24-58)87(13)48-62-22-21-40-89(62)56(10)53(7)84-67/h23-24,26-28,30-31,34,37,41,44,47-48,50-57,66-70,79-80,82-85H,14-22,25,29,32-33,35-36,38-40,42-43,45-46,49H2,1-13H3/t51-,52-,53?,54?,55?,56-,57?,66-,67+,68?,69-,70-/m0/s1. The van der Waals surface area contributed by atoms with E-state index in [1.807, 2.05) is 42.6 Å². The van der Waals surface area contributed by atoms with Crippen LogP contribution in [0.25, 0.3) is 0 Å². The number of fused-ring (bicyclic) bond motifs is 2. The Labute approximate surface area is 557 Å². The number of likely N-dealkylation sites (N-methyl/N-ethyl adjacent to an activating group) is 1. The fraction of sp³-hybridized carbons (Fsp3) is 0.699. The van der Waals surface area contributed by atoms with Crippen LogP contribution in [0.3, 0.4) is 0 Å². The van der Waals surface area contributed by atoms with Gasteiger partial charge in [-0.1, -0.05) is 109 Å². The van der Waals surface area contributed by atoms with Gasteiger partial charge < -0.3 is 51.5 Å². The number of hydrogen-bond donors (Lipinski definition) is 6. The van der Waals surface area contributed by atoms with Crippen molar-refractivity contribution in [1.82, 2.24) is 56.4 Å². The molecule has 1 spiro atoms. The third-order valence-electron chi connectivity index (χ3n) is 21.0. The summed E-state index contributed by atoms with van der Waals surface area (Å²) in [6.07, 6.45) is 22.3. The number of carbonyl (C=O) groups is 1. The van der Waals surface area contributed by atoms with Crippen molar-refractivity contribution in [3.8, 4) is 0 Å². The number of rotatable bonds is 12. The molecule has 2 aromatic carbocycles. The number of aliphatic imine (C=N–C) groups is 1. The van der Waals surface area contributed by atoms with Crippen LogP contribution in [0.5, 0.6) is 0 Å². The average molecular weight is 1310 g/mol. The van der Waals surface area contributed by atoms with Gasteiger partial charge in [0.15, 0.2) is 0 Å². The van der Waals surface area contributed by atoms with E-state index in [2.05, 4.69) is 159 Å². The van der Waals surface area contributed by atoms with Crippen molar-refractivity contribution in [3.63, 3.8) is 0 Å². The lowest BCUT2D eigenvalue weighted by Crippen LogP contribution is -2.76. The van der Waals surface area contributed by atoms with Crippen LogP contribution >= 0.6 is 23.2 Å². The lowest BCUT2D eigenvalue weighted by Gasteiger charge is -2.60. The molecule has 5 unspecified atom stereocenters. The molecule has 510 valence electrons. The van der Waals surface area contributed by atoms with Crippen LogP contribution in [-0.4, -0.2) is 162 Å². The molecule has 4 fully saturated rings. The number of aryl methyl sites for hydroxylation is 1. The molecule has 5 aliphatic rings. The van der Waals surface area contributed by atoms with Gasteiger partial charge in [0.1, 0.15) is 0 Å². The predicted octanol–water partition coefficient (Wildman–Crippen LogP) is 13.6. The third-order valence-corrected chi connectivity index (χ3v) is 21.6. The number of hydrogen-bond acceptors (Lipinski definition) is 12. The molecule has 0 bridgehead atoms. The van der Waals surface area contributed by atoms with Gasteiger partial charge in [-0.3, -0.25) is 14.7 Å². The van der Waals surface area contributed by atoms with Gasteiger partial charge in [-0.25, -0.2) is 0 Å². The molecule has 7 rings (SSSR count). The van der Waals surface area contributed by atoms with Gasteiger partial charge >= 0.3 is 6.18 Å². The zero-order chi connectivity index (χ0) is 66.0. The normalized spacial score (nSPS) is 28.7. The molecule has 0 aromatic heterocycles. The van der Waals surface area contributed by atoms with Crippen LogP contribution in [0, 0.1) is 23.7 Å². The Morgan fingerprint density at radius 2 is 1.48 bits per heavy atom. The Bertz CT molecular complexity index is 2710. The van der Waals surface area contributed by atoms with E-state index in [0.29, 0.717) is 60.1 Å². The predicted molar refractivity (Wildman–Crippen MR) is 374 cm³/mol. The Hall–Kier alpha value is -4.13. The first-order valence-electron chi connectivity index (χ1n) is 35.1. The van der Waals surface area contributed by atoms with Crippen LogP contribution < -0.4 is 31.9 Å². The van der Waals surface area contributed by atoms with Gasteiger partial charge in [0.2, 0.25) is 5.91 Å². The molecule has 2 aromatic rings. The zero-order valence-corrected chi connectivity index (χ0v) is 59.3. The Kier molecular flexibility index (Phi) is 29.0. The lowest BCUT2D eigenvalue weighted by molar-refractivity contribution is -0.162. The average Bonchev–Trinajstić information content (AvgIpc) is 1.03. The minimum atomic E-state index is -4.53. The van der Waals surface area contributed by atoms with Crippen molar-refractivity contribution in [1.29, 1.82) is 0 Å². The second-order valence-electron chi connectivity index (χ2n) is 28.3. The third kappa shape index (κ3) is 21.2. The highest BCUT2D eigenvalue weighted by Crippen LogP contribution is 2.42. The molecule has 12 atom stereocenters. The summed E-state index contributed by atoms with van der Waals surface area (Å²) in [6, 6.07) is 13.8. The number of piperidine rings is 1. The zero-order valence-electron chi connectivity index (χ0n) is 57.8. The number of nitrogens with one attached hydrogen (secondary N) is 6. The number of nitrogens with zero attached hydrogens (tertiary/aromatic N) is 6. The van der Waals surface area contributed by atoms with E-state index in [1.165, 1.54) is 37.1 Å². The maximum atomic E-state index is 14.9. The Morgan fingerprint density at radius 1 is 0.780 bits per heavy atom. The molecule has 18 heteroatoms.